The molecule has 24 heavy (non-hydrogen) atoms. The highest BCUT2D eigenvalue weighted by Gasteiger charge is 2.36. The monoisotopic (exact) mass is 342 g/mol. The fraction of sp³-hybridized carbons (Fsp3) is 1.00. The van der Waals surface area contributed by atoms with Crippen molar-refractivity contribution in [2.24, 2.45) is 0 Å². The summed E-state index contributed by atoms with van der Waals surface area (Å²) in [4.78, 5) is 0. The molecule has 1 atom stereocenters. The van der Waals surface area contributed by atoms with Crippen molar-refractivity contribution in [2.45, 2.75) is 104 Å². The Bertz CT molecular complexity index is 250. The van der Waals surface area contributed by atoms with Crippen LogP contribution in [-0.4, -0.2) is 38.0 Å². The zero-order chi connectivity index (χ0) is 18.1. The maximum absolute atomic E-state index is 3.78. The van der Waals surface area contributed by atoms with Gasteiger partial charge in [0.15, 0.2) is 0 Å². The van der Waals surface area contributed by atoms with Gasteiger partial charge in [-0.3, -0.25) is 16.0 Å². The van der Waals surface area contributed by atoms with Gasteiger partial charge in [0.1, 0.15) is 5.79 Å². The summed E-state index contributed by atoms with van der Waals surface area (Å²) in [6, 6.07) is 0.409. The topological polar surface area (TPSA) is 48.1 Å². The van der Waals surface area contributed by atoms with Crippen LogP contribution in [0.2, 0.25) is 0 Å². The Kier molecular flexibility index (Phi) is 16.2. The molecule has 0 aliphatic carbocycles. The minimum Gasteiger partial charge on any atom is -0.310 e. The van der Waals surface area contributed by atoms with Crippen molar-refractivity contribution in [2.75, 3.05) is 26.2 Å². The standard InChI is InChI=1S/C20H46N4/c1-6-11-12-13-14-15-16-19(21-9-4)20(22-10-5,23-17-7-2)24-18-8-3/h19,21-24H,6-18H2,1-5H3. The van der Waals surface area contributed by atoms with E-state index < -0.39 is 0 Å². The van der Waals surface area contributed by atoms with E-state index in [1.54, 1.807) is 0 Å². The van der Waals surface area contributed by atoms with Crippen LogP contribution < -0.4 is 21.3 Å². The highest BCUT2D eigenvalue weighted by molar-refractivity contribution is 4.94. The van der Waals surface area contributed by atoms with Crippen LogP contribution >= 0.6 is 0 Å². The van der Waals surface area contributed by atoms with Crippen molar-refractivity contribution in [3.8, 4) is 0 Å². The van der Waals surface area contributed by atoms with E-state index in [9.17, 15) is 0 Å². The van der Waals surface area contributed by atoms with Crippen LogP contribution in [0, 0.1) is 0 Å². The lowest BCUT2D eigenvalue weighted by atomic mass is 9.99. The van der Waals surface area contributed by atoms with E-state index in [1.807, 2.05) is 0 Å². The molecule has 146 valence electrons. The Morgan fingerprint density at radius 1 is 0.625 bits per heavy atom. The Hall–Kier alpha value is -0.160. The molecule has 0 fully saturated rings. The van der Waals surface area contributed by atoms with Crippen molar-refractivity contribution >= 4 is 0 Å². The van der Waals surface area contributed by atoms with Crippen LogP contribution in [0.15, 0.2) is 0 Å². The molecule has 0 amide bonds. The first kappa shape index (κ1) is 23.8. The maximum atomic E-state index is 3.78. The van der Waals surface area contributed by atoms with Crippen molar-refractivity contribution in [1.82, 2.24) is 21.3 Å². The number of hydrogen-bond donors (Lipinski definition) is 4. The molecule has 0 aromatic carbocycles. The zero-order valence-corrected chi connectivity index (χ0v) is 17.3. The van der Waals surface area contributed by atoms with Crippen LogP contribution in [0.3, 0.4) is 0 Å². The molecule has 0 radical (unpaired) electrons. The average Bonchev–Trinajstić information content (AvgIpc) is 2.59. The molecule has 0 saturated heterocycles. The number of likely N-dealkylation sites (N-methyl/N-ethyl adjacent to an activating group) is 2. The summed E-state index contributed by atoms with van der Waals surface area (Å²) >= 11 is 0. The summed E-state index contributed by atoms with van der Waals surface area (Å²) in [5, 5.41) is 15.0. The number of nitrogens with one attached hydrogen (secondary N) is 4. The lowest BCUT2D eigenvalue weighted by Crippen LogP contribution is -2.75. The minimum atomic E-state index is -0.194. The summed E-state index contributed by atoms with van der Waals surface area (Å²) in [5.41, 5.74) is 0. The molecule has 4 nitrogen and oxygen atoms in total. The van der Waals surface area contributed by atoms with Gasteiger partial charge >= 0.3 is 0 Å². The van der Waals surface area contributed by atoms with Gasteiger partial charge in [0.05, 0.1) is 6.04 Å². The highest BCUT2D eigenvalue weighted by Crippen LogP contribution is 2.15. The van der Waals surface area contributed by atoms with Crippen molar-refractivity contribution in [1.29, 1.82) is 0 Å². The largest absolute Gasteiger partial charge is 0.310 e. The van der Waals surface area contributed by atoms with Gasteiger partial charge in [-0.2, -0.15) is 0 Å². The van der Waals surface area contributed by atoms with Gasteiger partial charge in [0, 0.05) is 0 Å². The van der Waals surface area contributed by atoms with E-state index in [2.05, 4.69) is 55.9 Å². The minimum absolute atomic E-state index is 0.194. The quantitative estimate of drug-likeness (QED) is 0.225. The van der Waals surface area contributed by atoms with Gasteiger partial charge in [0.25, 0.3) is 0 Å². The van der Waals surface area contributed by atoms with Crippen molar-refractivity contribution < 1.29 is 0 Å². The molecule has 4 heteroatoms. The molecule has 0 heterocycles. The van der Waals surface area contributed by atoms with Crippen molar-refractivity contribution in [3.63, 3.8) is 0 Å². The van der Waals surface area contributed by atoms with Crippen LogP contribution in [-0.2, 0) is 0 Å². The van der Waals surface area contributed by atoms with Crippen LogP contribution in [0.5, 0.6) is 0 Å². The summed E-state index contributed by atoms with van der Waals surface area (Å²) in [6.45, 7) is 15.2. The second-order valence-electron chi connectivity index (χ2n) is 6.86. The predicted octanol–water partition coefficient (Wildman–Crippen LogP) is 3.98. The summed E-state index contributed by atoms with van der Waals surface area (Å²) in [5.74, 6) is -0.194. The lowest BCUT2D eigenvalue weighted by Gasteiger charge is -2.44. The second kappa shape index (κ2) is 16.3. The number of unbranched alkanes of at least 4 members (excludes halogenated alkanes) is 5. The molecular formula is C20H46N4. The van der Waals surface area contributed by atoms with Crippen LogP contribution in [0.25, 0.3) is 0 Å². The molecular weight excluding hydrogens is 296 g/mol. The van der Waals surface area contributed by atoms with E-state index in [-0.39, 0.29) is 5.79 Å². The Labute approximate surface area is 152 Å². The highest BCUT2D eigenvalue weighted by atomic mass is 15.4. The maximum Gasteiger partial charge on any atom is 0.139 e. The van der Waals surface area contributed by atoms with Crippen LogP contribution in [0.1, 0.15) is 92.4 Å². The lowest BCUT2D eigenvalue weighted by molar-refractivity contribution is 0.130. The molecule has 1 unspecified atom stereocenters. The summed E-state index contributed by atoms with van der Waals surface area (Å²) in [6.07, 6.45) is 11.6. The van der Waals surface area contributed by atoms with Gasteiger partial charge in [0.2, 0.25) is 0 Å². The zero-order valence-electron chi connectivity index (χ0n) is 17.3. The van der Waals surface area contributed by atoms with E-state index in [1.165, 1.54) is 44.9 Å². The third kappa shape index (κ3) is 9.97. The molecule has 0 rings (SSSR count). The molecule has 0 aromatic rings. The molecule has 0 spiro atoms. The SMILES string of the molecule is CCCCCCCCC(NCC)C(NCC)(NCCC)NCCC. The Balaban J connectivity index is 4.78. The average molecular weight is 343 g/mol. The van der Waals surface area contributed by atoms with E-state index in [0.29, 0.717) is 6.04 Å². The predicted molar refractivity (Wildman–Crippen MR) is 108 cm³/mol. The van der Waals surface area contributed by atoms with Gasteiger partial charge in [-0.05, 0) is 45.4 Å². The van der Waals surface area contributed by atoms with Crippen LogP contribution in [0.4, 0.5) is 0 Å². The first-order valence-electron chi connectivity index (χ1n) is 10.7. The number of hydrogen-bond acceptors (Lipinski definition) is 4. The summed E-state index contributed by atoms with van der Waals surface area (Å²) < 4.78 is 0. The molecule has 4 N–H and O–H groups in total. The first-order valence-corrected chi connectivity index (χ1v) is 10.7. The van der Waals surface area contributed by atoms with E-state index in [4.69, 9.17) is 0 Å². The molecule has 0 saturated carbocycles. The fourth-order valence-corrected chi connectivity index (χ4v) is 3.33. The Morgan fingerprint density at radius 3 is 1.71 bits per heavy atom. The summed E-state index contributed by atoms with van der Waals surface area (Å²) in [7, 11) is 0. The van der Waals surface area contributed by atoms with E-state index in [0.717, 1.165) is 39.0 Å². The third-order valence-electron chi connectivity index (χ3n) is 4.58. The second-order valence-corrected chi connectivity index (χ2v) is 6.86. The van der Waals surface area contributed by atoms with Gasteiger partial charge in [-0.25, -0.2) is 0 Å². The third-order valence-corrected chi connectivity index (χ3v) is 4.58. The van der Waals surface area contributed by atoms with Crippen molar-refractivity contribution in [3.05, 3.63) is 0 Å². The van der Waals surface area contributed by atoms with E-state index >= 15 is 0 Å². The molecule has 0 bridgehead atoms. The Morgan fingerprint density at radius 2 is 1.21 bits per heavy atom. The molecule has 0 aliphatic rings. The van der Waals surface area contributed by atoms with Gasteiger partial charge < -0.3 is 5.32 Å². The smallest absolute Gasteiger partial charge is 0.139 e. The van der Waals surface area contributed by atoms with Gasteiger partial charge in [-0.15, -0.1) is 0 Å². The normalized spacial score (nSPS) is 13.4. The number of rotatable bonds is 18. The fourth-order valence-electron chi connectivity index (χ4n) is 3.33. The molecule has 0 aliphatic heterocycles. The molecule has 0 aromatic heterocycles. The van der Waals surface area contributed by atoms with Gasteiger partial charge in [-0.1, -0.05) is 73.1 Å². The first-order chi connectivity index (χ1) is 11.7.